The van der Waals surface area contributed by atoms with Gasteiger partial charge in [0.1, 0.15) is 0 Å². The Morgan fingerprint density at radius 1 is 1.00 bits per heavy atom. The molecule has 2 atom stereocenters. The highest BCUT2D eigenvalue weighted by molar-refractivity contribution is 5.80. The fraction of sp³-hybridized carbons (Fsp3) is 0.562. The third-order valence-electron chi connectivity index (χ3n) is 4.99. The third-order valence-corrected chi connectivity index (χ3v) is 4.99. The van der Waals surface area contributed by atoms with E-state index in [1.54, 1.807) is 12.4 Å². The highest BCUT2D eigenvalue weighted by atomic mass is 16.2. The van der Waals surface area contributed by atoms with E-state index in [4.69, 9.17) is 0 Å². The standard InChI is InChI=1S/C16H20N4O/c21-15(12-4-1-2-5-12)19-8-13-10-20(11-14(13)9-19)16-17-6-3-7-18-16/h1-3,6-7,12-14H,4-5,8-11H2/t13-,14+. The maximum atomic E-state index is 12.5. The van der Waals surface area contributed by atoms with Crippen molar-refractivity contribution in [1.82, 2.24) is 14.9 Å². The number of allylic oxidation sites excluding steroid dienone is 2. The Hall–Kier alpha value is -1.91. The Morgan fingerprint density at radius 2 is 1.62 bits per heavy atom. The summed E-state index contributed by atoms with van der Waals surface area (Å²) in [4.78, 5) is 25.5. The zero-order valence-corrected chi connectivity index (χ0v) is 12.1. The summed E-state index contributed by atoms with van der Waals surface area (Å²) in [5.74, 6) is 2.54. The third kappa shape index (κ3) is 2.30. The van der Waals surface area contributed by atoms with Crippen molar-refractivity contribution in [3.63, 3.8) is 0 Å². The number of amides is 1. The molecule has 0 radical (unpaired) electrons. The highest BCUT2D eigenvalue weighted by Gasteiger charge is 2.43. The Morgan fingerprint density at radius 3 is 2.24 bits per heavy atom. The van der Waals surface area contributed by atoms with E-state index in [-0.39, 0.29) is 5.92 Å². The van der Waals surface area contributed by atoms with Crippen LogP contribution >= 0.6 is 0 Å². The lowest BCUT2D eigenvalue weighted by Crippen LogP contribution is -2.36. The Balaban J connectivity index is 1.38. The minimum Gasteiger partial charge on any atom is -0.342 e. The van der Waals surface area contributed by atoms with Gasteiger partial charge in [0.05, 0.1) is 0 Å². The van der Waals surface area contributed by atoms with E-state index in [1.165, 1.54) is 0 Å². The number of carbonyl (C=O) groups excluding carboxylic acids is 1. The molecular weight excluding hydrogens is 264 g/mol. The minimum atomic E-state index is 0.206. The van der Waals surface area contributed by atoms with Gasteiger partial charge in [0.15, 0.2) is 0 Å². The fourth-order valence-corrected chi connectivity index (χ4v) is 3.87. The summed E-state index contributed by atoms with van der Waals surface area (Å²) in [6.07, 6.45) is 9.70. The molecule has 5 nitrogen and oxygen atoms in total. The minimum absolute atomic E-state index is 0.206. The van der Waals surface area contributed by atoms with E-state index in [0.29, 0.717) is 17.7 Å². The van der Waals surface area contributed by atoms with Gasteiger partial charge in [-0.1, -0.05) is 12.2 Å². The first-order valence-electron chi connectivity index (χ1n) is 7.77. The summed E-state index contributed by atoms with van der Waals surface area (Å²) in [5, 5.41) is 0. The number of rotatable bonds is 2. The molecule has 0 unspecified atom stereocenters. The van der Waals surface area contributed by atoms with Gasteiger partial charge in [0.25, 0.3) is 0 Å². The second-order valence-corrected chi connectivity index (χ2v) is 6.36. The number of fused-ring (bicyclic) bond motifs is 1. The van der Waals surface area contributed by atoms with Crippen molar-refractivity contribution in [2.75, 3.05) is 31.1 Å². The summed E-state index contributed by atoms with van der Waals surface area (Å²) < 4.78 is 0. The summed E-state index contributed by atoms with van der Waals surface area (Å²) >= 11 is 0. The molecule has 3 aliphatic rings. The van der Waals surface area contributed by atoms with Gasteiger partial charge in [0.2, 0.25) is 11.9 Å². The van der Waals surface area contributed by atoms with E-state index < -0.39 is 0 Å². The van der Waals surface area contributed by atoms with Crippen molar-refractivity contribution >= 4 is 11.9 Å². The number of likely N-dealkylation sites (tertiary alicyclic amines) is 1. The predicted molar refractivity (Wildman–Crippen MR) is 79.7 cm³/mol. The van der Waals surface area contributed by atoms with E-state index in [1.807, 2.05) is 6.07 Å². The van der Waals surface area contributed by atoms with Gasteiger partial charge in [0, 0.05) is 56.3 Å². The molecule has 5 heteroatoms. The molecule has 110 valence electrons. The lowest BCUT2D eigenvalue weighted by molar-refractivity contribution is -0.134. The van der Waals surface area contributed by atoms with Crippen LogP contribution in [0.1, 0.15) is 12.8 Å². The number of nitrogens with zero attached hydrogens (tertiary/aromatic N) is 4. The number of hydrogen-bond donors (Lipinski definition) is 0. The molecule has 1 aromatic rings. The first kappa shape index (κ1) is 12.8. The average molecular weight is 284 g/mol. The monoisotopic (exact) mass is 284 g/mol. The van der Waals surface area contributed by atoms with Crippen LogP contribution in [0.2, 0.25) is 0 Å². The van der Waals surface area contributed by atoms with Crippen LogP contribution in [0.15, 0.2) is 30.6 Å². The molecule has 0 saturated carbocycles. The quantitative estimate of drug-likeness (QED) is 0.769. The molecule has 1 amide bonds. The first-order chi connectivity index (χ1) is 10.3. The maximum Gasteiger partial charge on any atom is 0.226 e. The molecule has 0 spiro atoms. The van der Waals surface area contributed by atoms with Gasteiger partial charge in [-0.3, -0.25) is 4.79 Å². The molecule has 21 heavy (non-hydrogen) atoms. The maximum absolute atomic E-state index is 12.5. The van der Waals surface area contributed by atoms with Crippen molar-refractivity contribution in [2.24, 2.45) is 17.8 Å². The van der Waals surface area contributed by atoms with Gasteiger partial charge < -0.3 is 9.80 Å². The lowest BCUT2D eigenvalue weighted by Gasteiger charge is -2.23. The van der Waals surface area contributed by atoms with Crippen LogP contribution in [0.3, 0.4) is 0 Å². The van der Waals surface area contributed by atoms with Crippen molar-refractivity contribution in [2.45, 2.75) is 12.8 Å². The van der Waals surface area contributed by atoms with Crippen molar-refractivity contribution in [3.8, 4) is 0 Å². The molecule has 4 rings (SSSR count). The van der Waals surface area contributed by atoms with Crippen LogP contribution in [-0.2, 0) is 4.79 Å². The van der Waals surface area contributed by atoms with Crippen molar-refractivity contribution < 1.29 is 4.79 Å². The van der Waals surface area contributed by atoms with Crippen LogP contribution in [-0.4, -0.2) is 47.0 Å². The Bertz CT molecular complexity index is 537. The van der Waals surface area contributed by atoms with Gasteiger partial charge in [-0.25, -0.2) is 9.97 Å². The summed E-state index contributed by atoms with van der Waals surface area (Å²) in [6, 6.07) is 1.84. The van der Waals surface area contributed by atoms with Crippen LogP contribution in [0.4, 0.5) is 5.95 Å². The number of hydrogen-bond acceptors (Lipinski definition) is 4. The summed E-state index contributed by atoms with van der Waals surface area (Å²) in [7, 11) is 0. The Labute approximate surface area is 124 Å². The van der Waals surface area contributed by atoms with Crippen LogP contribution in [0.5, 0.6) is 0 Å². The average Bonchev–Trinajstić information content (AvgIpc) is 3.23. The van der Waals surface area contributed by atoms with Gasteiger partial charge in [-0.2, -0.15) is 0 Å². The molecular formula is C16H20N4O. The smallest absolute Gasteiger partial charge is 0.226 e. The summed E-state index contributed by atoms with van der Waals surface area (Å²) in [6.45, 7) is 3.76. The second-order valence-electron chi connectivity index (χ2n) is 6.36. The van der Waals surface area contributed by atoms with Gasteiger partial charge >= 0.3 is 0 Å². The van der Waals surface area contributed by atoms with Crippen LogP contribution in [0.25, 0.3) is 0 Å². The highest BCUT2D eigenvalue weighted by Crippen LogP contribution is 2.34. The molecule has 0 N–H and O–H groups in total. The molecule has 2 aliphatic heterocycles. The first-order valence-corrected chi connectivity index (χ1v) is 7.77. The van der Waals surface area contributed by atoms with E-state index in [9.17, 15) is 4.79 Å². The predicted octanol–water partition coefficient (Wildman–Crippen LogP) is 1.34. The second kappa shape index (κ2) is 5.13. The molecule has 2 saturated heterocycles. The molecule has 0 bridgehead atoms. The fourth-order valence-electron chi connectivity index (χ4n) is 3.87. The summed E-state index contributed by atoms with van der Waals surface area (Å²) in [5.41, 5.74) is 0. The normalized spacial score (nSPS) is 28.4. The number of aromatic nitrogens is 2. The number of carbonyl (C=O) groups is 1. The number of anilines is 1. The van der Waals surface area contributed by atoms with E-state index in [0.717, 1.165) is 45.0 Å². The van der Waals surface area contributed by atoms with Crippen LogP contribution < -0.4 is 4.90 Å². The van der Waals surface area contributed by atoms with Crippen molar-refractivity contribution in [1.29, 1.82) is 0 Å². The lowest BCUT2D eigenvalue weighted by atomic mass is 10.0. The molecule has 2 fully saturated rings. The van der Waals surface area contributed by atoms with E-state index >= 15 is 0 Å². The molecule has 1 aromatic heterocycles. The van der Waals surface area contributed by atoms with E-state index in [2.05, 4.69) is 31.9 Å². The molecule has 3 heterocycles. The molecule has 1 aliphatic carbocycles. The topological polar surface area (TPSA) is 49.3 Å². The molecule has 0 aromatic carbocycles. The van der Waals surface area contributed by atoms with Crippen LogP contribution in [0, 0.1) is 17.8 Å². The van der Waals surface area contributed by atoms with Gasteiger partial charge in [-0.05, 0) is 18.9 Å². The van der Waals surface area contributed by atoms with Gasteiger partial charge in [-0.15, -0.1) is 0 Å². The Kier molecular flexibility index (Phi) is 3.13. The SMILES string of the molecule is O=C(C1CC=CC1)N1C[C@@H]2CN(c3ncccn3)C[C@@H]2C1. The zero-order chi connectivity index (χ0) is 14.2. The van der Waals surface area contributed by atoms with Crippen molar-refractivity contribution in [3.05, 3.63) is 30.6 Å². The zero-order valence-electron chi connectivity index (χ0n) is 12.1. The largest absolute Gasteiger partial charge is 0.342 e.